The fourth-order valence-corrected chi connectivity index (χ4v) is 1.77. The number of aliphatic hydroxyl groups is 1. The highest BCUT2D eigenvalue weighted by atomic mass is 16.5. The molecule has 2 unspecified atom stereocenters. The predicted octanol–water partition coefficient (Wildman–Crippen LogP) is 2.85. The van der Waals surface area contributed by atoms with Gasteiger partial charge in [0.05, 0.1) is 12.2 Å². The van der Waals surface area contributed by atoms with Crippen LogP contribution in [-0.4, -0.2) is 29.8 Å². The Hall–Kier alpha value is -1.75. The van der Waals surface area contributed by atoms with Gasteiger partial charge in [0.25, 0.3) is 0 Å². The molecule has 3 N–H and O–H groups in total. The van der Waals surface area contributed by atoms with Crippen molar-refractivity contribution in [2.75, 3.05) is 6.54 Å². The molecule has 0 spiro atoms. The molecule has 0 saturated carbocycles. The number of urea groups is 1. The van der Waals surface area contributed by atoms with E-state index in [9.17, 15) is 9.90 Å². The number of ether oxygens (including phenoxy) is 1. The molecule has 0 heterocycles. The van der Waals surface area contributed by atoms with E-state index in [0.717, 1.165) is 11.3 Å². The molecule has 0 aliphatic carbocycles. The number of carbonyl (C=O) groups excluding carboxylic acids is 1. The maximum atomic E-state index is 11.7. The average molecular weight is 308 g/mol. The normalized spacial score (nSPS) is 13.8. The summed E-state index contributed by atoms with van der Waals surface area (Å²) in [4.78, 5) is 11.7. The Morgan fingerprint density at radius 1 is 1.14 bits per heavy atom. The lowest BCUT2D eigenvalue weighted by Gasteiger charge is -2.19. The fourth-order valence-electron chi connectivity index (χ4n) is 1.77. The van der Waals surface area contributed by atoms with Crippen molar-refractivity contribution in [1.82, 2.24) is 10.6 Å². The number of benzene rings is 1. The zero-order valence-corrected chi connectivity index (χ0v) is 14.1. The average Bonchev–Trinajstić information content (AvgIpc) is 2.44. The fraction of sp³-hybridized carbons (Fsp3) is 0.588. The van der Waals surface area contributed by atoms with Gasteiger partial charge in [0.2, 0.25) is 0 Å². The van der Waals surface area contributed by atoms with E-state index in [1.807, 2.05) is 46.8 Å². The molecule has 1 aromatic carbocycles. The van der Waals surface area contributed by atoms with Gasteiger partial charge in [-0.05, 0) is 44.4 Å². The van der Waals surface area contributed by atoms with E-state index in [0.29, 0.717) is 5.92 Å². The third-order valence-electron chi connectivity index (χ3n) is 3.45. The van der Waals surface area contributed by atoms with E-state index in [4.69, 9.17) is 4.74 Å². The number of carbonyl (C=O) groups is 1. The van der Waals surface area contributed by atoms with Crippen LogP contribution in [0.15, 0.2) is 24.3 Å². The Bertz CT molecular complexity index is 457. The van der Waals surface area contributed by atoms with Crippen molar-refractivity contribution in [2.24, 2.45) is 5.92 Å². The number of aliphatic hydroxyl groups excluding tert-OH is 1. The third-order valence-corrected chi connectivity index (χ3v) is 3.45. The summed E-state index contributed by atoms with van der Waals surface area (Å²) in [5.74, 6) is 1.13. The van der Waals surface area contributed by atoms with Crippen LogP contribution in [0.4, 0.5) is 4.79 Å². The molecule has 2 amide bonds. The summed E-state index contributed by atoms with van der Waals surface area (Å²) in [5, 5.41) is 15.6. The Labute approximate surface area is 133 Å². The molecule has 0 aliphatic rings. The van der Waals surface area contributed by atoms with Crippen LogP contribution in [0.1, 0.15) is 46.3 Å². The first-order valence-electron chi connectivity index (χ1n) is 7.78. The number of hydrogen-bond donors (Lipinski definition) is 3. The van der Waals surface area contributed by atoms with Gasteiger partial charge in [0.15, 0.2) is 0 Å². The highest BCUT2D eigenvalue weighted by Gasteiger charge is 2.13. The Morgan fingerprint density at radius 3 is 2.23 bits per heavy atom. The molecule has 0 fully saturated rings. The molecule has 0 bridgehead atoms. The maximum absolute atomic E-state index is 11.7. The van der Waals surface area contributed by atoms with Crippen molar-refractivity contribution in [3.05, 3.63) is 29.8 Å². The molecule has 0 aromatic heterocycles. The van der Waals surface area contributed by atoms with E-state index >= 15 is 0 Å². The van der Waals surface area contributed by atoms with Gasteiger partial charge in [0, 0.05) is 12.6 Å². The van der Waals surface area contributed by atoms with Crippen LogP contribution in [0.3, 0.4) is 0 Å². The first-order valence-corrected chi connectivity index (χ1v) is 7.78. The lowest BCUT2D eigenvalue weighted by atomic mass is 10.1. The van der Waals surface area contributed by atoms with Crippen LogP contribution in [0.25, 0.3) is 0 Å². The Kier molecular flexibility index (Phi) is 7.18. The van der Waals surface area contributed by atoms with Crippen molar-refractivity contribution in [1.29, 1.82) is 0 Å². The minimum Gasteiger partial charge on any atom is -0.491 e. The summed E-state index contributed by atoms with van der Waals surface area (Å²) in [6.07, 6.45) is -0.628. The minimum absolute atomic E-state index is 0.0876. The van der Waals surface area contributed by atoms with E-state index < -0.39 is 6.10 Å². The quantitative estimate of drug-likeness (QED) is 0.725. The van der Waals surface area contributed by atoms with E-state index in [1.54, 1.807) is 12.1 Å². The lowest BCUT2D eigenvalue weighted by Crippen LogP contribution is -2.44. The molecule has 0 aliphatic heterocycles. The highest BCUT2D eigenvalue weighted by molar-refractivity contribution is 5.74. The van der Waals surface area contributed by atoms with Crippen molar-refractivity contribution in [3.63, 3.8) is 0 Å². The minimum atomic E-state index is -0.742. The lowest BCUT2D eigenvalue weighted by molar-refractivity contribution is 0.172. The first-order chi connectivity index (χ1) is 10.3. The van der Waals surface area contributed by atoms with Crippen LogP contribution < -0.4 is 15.4 Å². The van der Waals surface area contributed by atoms with Crippen LogP contribution in [0.5, 0.6) is 5.75 Å². The highest BCUT2D eigenvalue weighted by Crippen LogP contribution is 2.18. The molecule has 1 aromatic rings. The molecule has 0 saturated heterocycles. The van der Waals surface area contributed by atoms with Gasteiger partial charge < -0.3 is 20.5 Å². The number of nitrogens with one attached hydrogen (secondary N) is 2. The first kappa shape index (κ1) is 18.3. The Morgan fingerprint density at radius 2 is 1.73 bits per heavy atom. The Balaban J connectivity index is 2.45. The standard InChI is InChI=1S/C17H28N2O3/c1-11(2)13(5)19-17(21)18-10-16(20)14-6-8-15(9-7-14)22-12(3)4/h6-9,11-13,16,20H,10H2,1-5H3,(H2,18,19,21). The summed E-state index contributed by atoms with van der Waals surface area (Å²) < 4.78 is 5.55. The van der Waals surface area contributed by atoms with Gasteiger partial charge in [-0.1, -0.05) is 26.0 Å². The van der Waals surface area contributed by atoms with Gasteiger partial charge in [-0.3, -0.25) is 0 Å². The molecule has 2 atom stereocenters. The number of hydrogen-bond acceptors (Lipinski definition) is 3. The van der Waals surface area contributed by atoms with Crippen LogP contribution in [0, 0.1) is 5.92 Å². The van der Waals surface area contributed by atoms with Gasteiger partial charge >= 0.3 is 6.03 Å². The van der Waals surface area contributed by atoms with Crippen LogP contribution in [-0.2, 0) is 0 Å². The van der Waals surface area contributed by atoms with Crippen LogP contribution in [0.2, 0.25) is 0 Å². The molecular formula is C17H28N2O3. The second kappa shape index (κ2) is 8.63. The predicted molar refractivity (Wildman–Crippen MR) is 88.0 cm³/mol. The van der Waals surface area contributed by atoms with Crippen molar-refractivity contribution < 1.29 is 14.6 Å². The summed E-state index contributed by atoms with van der Waals surface area (Å²) in [5.41, 5.74) is 0.744. The van der Waals surface area contributed by atoms with Crippen LogP contribution >= 0.6 is 0 Å². The van der Waals surface area contributed by atoms with E-state index in [2.05, 4.69) is 10.6 Å². The SMILES string of the molecule is CC(C)Oc1ccc(C(O)CNC(=O)NC(C)C(C)C)cc1. The molecule has 124 valence electrons. The van der Waals surface area contributed by atoms with E-state index in [1.165, 1.54) is 0 Å². The summed E-state index contributed by atoms with van der Waals surface area (Å²) in [7, 11) is 0. The summed E-state index contributed by atoms with van der Waals surface area (Å²) in [6, 6.07) is 7.07. The zero-order valence-electron chi connectivity index (χ0n) is 14.1. The molecule has 0 radical (unpaired) electrons. The molecular weight excluding hydrogens is 280 g/mol. The second-order valence-corrected chi connectivity index (χ2v) is 6.14. The van der Waals surface area contributed by atoms with Gasteiger partial charge in [-0.25, -0.2) is 4.79 Å². The summed E-state index contributed by atoms with van der Waals surface area (Å²) in [6.45, 7) is 10.1. The van der Waals surface area contributed by atoms with Crippen molar-refractivity contribution in [3.8, 4) is 5.75 Å². The largest absolute Gasteiger partial charge is 0.491 e. The topological polar surface area (TPSA) is 70.6 Å². The van der Waals surface area contributed by atoms with Gasteiger partial charge in [-0.15, -0.1) is 0 Å². The zero-order chi connectivity index (χ0) is 16.7. The molecule has 5 nitrogen and oxygen atoms in total. The monoisotopic (exact) mass is 308 g/mol. The third kappa shape index (κ3) is 6.35. The molecule has 1 rings (SSSR count). The summed E-state index contributed by atoms with van der Waals surface area (Å²) >= 11 is 0. The molecule has 5 heteroatoms. The van der Waals surface area contributed by atoms with Crippen molar-refractivity contribution >= 4 is 6.03 Å². The second-order valence-electron chi connectivity index (χ2n) is 6.14. The van der Waals surface area contributed by atoms with Crippen molar-refractivity contribution in [2.45, 2.75) is 52.9 Å². The number of amides is 2. The van der Waals surface area contributed by atoms with E-state index in [-0.39, 0.29) is 24.7 Å². The smallest absolute Gasteiger partial charge is 0.315 e. The number of rotatable bonds is 7. The molecule has 22 heavy (non-hydrogen) atoms. The van der Waals surface area contributed by atoms with Gasteiger partial charge in [0.1, 0.15) is 5.75 Å². The van der Waals surface area contributed by atoms with Gasteiger partial charge in [-0.2, -0.15) is 0 Å². The maximum Gasteiger partial charge on any atom is 0.315 e.